The fourth-order valence-electron chi connectivity index (χ4n) is 1.34. The van der Waals surface area contributed by atoms with Crippen molar-refractivity contribution in [2.24, 2.45) is 5.92 Å². The zero-order valence-electron chi connectivity index (χ0n) is 10.6. The predicted molar refractivity (Wildman–Crippen MR) is 64.5 cm³/mol. The van der Waals surface area contributed by atoms with Gasteiger partial charge in [-0.15, -0.1) is 5.10 Å². The number of hydrogen-bond acceptors (Lipinski definition) is 5. The third-order valence-corrected chi connectivity index (χ3v) is 2.15. The van der Waals surface area contributed by atoms with E-state index >= 15 is 0 Å². The van der Waals surface area contributed by atoms with Crippen LogP contribution in [0.1, 0.15) is 19.5 Å². The molecule has 0 unspecified atom stereocenters. The Bertz CT molecular complexity index is 301. The fourth-order valence-corrected chi connectivity index (χ4v) is 1.34. The third kappa shape index (κ3) is 6.35. The fraction of sp³-hybridized carbons (Fsp3) is 0.818. The summed E-state index contributed by atoms with van der Waals surface area (Å²) in [6.45, 7) is 7.70. The minimum atomic E-state index is 0.0573. The number of nitrogens with zero attached hydrogens (tertiary/aromatic N) is 3. The molecule has 17 heavy (non-hydrogen) atoms. The first kappa shape index (κ1) is 14.1. The standard InChI is InChI=1S/C11H22N4O2/c1-10(2)7-12-8-11-9-15(14-13-11)3-5-17-6-4-16/h9-10,12,16H,3-8H2,1-2H3. The van der Waals surface area contributed by atoms with Gasteiger partial charge in [-0.2, -0.15) is 0 Å². The molecule has 6 heteroatoms. The van der Waals surface area contributed by atoms with Crippen LogP contribution in [-0.2, 0) is 17.8 Å². The first-order valence-electron chi connectivity index (χ1n) is 6.00. The smallest absolute Gasteiger partial charge is 0.0964 e. The Labute approximate surface area is 102 Å². The quantitative estimate of drug-likeness (QED) is 0.598. The molecule has 1 rings (SSSR count). The number of ether oxygens (including phenoxy) is 1. The molecule has 0 amide bonds. The van der Waals surface area contributed by atoms with Crippen LogP contribution in [0.25, 0.3) is 0 Å². The van der Waals surface area contributed by atoms with Gasteiger partial charge in [-0.25, -0.2) is 4.68 Å². The van der Waals surface area contributed by atoms with Crippen LogP contribution in [-0.4, -0.2) is 46.5 Å². The lowest BCUT2D eigenvalue weighted by Gasteiger charge is -2.04. The summed E-state index contributed by atoms with van der Waals surface area (Å²) in [5, 5.41) is 19.9. The van der Waals surface area contributed by atoms with Crippen LogP contribution < -0.4 is 5.32 Å². The number of aliphatic hydroxyl groups excluding tert-OH is 1. The van der Waals surface area contributed by atoms with Crippen LogP contribution in [0.2, 0.25) is 0 Å². The van der Waals surface area contributed by atoms with Crippen molar-refractivity contribution in [3.63, 3.8) is 0 Å². The number of nitrogens with one attached hydrogen (secondary N) is 1. The predicted octanol–water partition coefficient (Wildman–Crippen LogP) is 0.0326. The number of rotatable bonds is 9. The molecule has 0 saturated carbocycles. The molecule has 0 atom stereocenters. The van der Waals surface area contributed by atoms with Gasteiger partial charge in [-0.05, 0) is 12.5 Å². The molecule has 1 heterocycles. The maximum atomic E-state index is 8.54. The van der Waals surface area contributed by atoms with Crippen molar-refractivity contribution in [1.82, 2.24) is 20.3 Å². The highest BCUT2D eigenvalue weighted by molar-refractivity contribution is 4.91. The largest absolute Gasteiger partial charge is 0.394 e. The monoisotopic (exact) mass is 242 g/mol. The van der Waals surface area contributed by atoms with Crippen molar-refractivity contribution in [2.75, 3.05) is 26.4 Å². The van der Waals surface area contributed by atoms with Crippen LogP contribution in [0.5, 0.6) is 0 Å². The molecule has 0 aliphatic carbocycles. The van der Waals surface area contributed by atoms with Crippen molar-refractivity contribution >= 4 is 0 Å². The van der Waals surface area contributed by atoms with Gasteiger partial charge in [0.05, 0.1) is 32.1 Å². The highest BCUT2D eigenvalue weighted by atomic mass is 16.5. The first-order chi connectivity index (χ1) is 8.22. The van der Waals surface area contributed by atoms with Crippen molar-refractivity contribution in [3.05, 3.63) is 11.9 Å². The highest BCUT2D eigenvalue weighted by Crippen LogP contribution is 1.94. The van der Waals surface area contributed by atoms with Gasteiger partial charge in [-0.3, -0.25) is 0 Å². The Morgan fingerprint density at radius 3 is 3.00 bits per heavy atom. The average Bonchev–Trinajstić information content (AvgIpc) is 2.72. The second kappa shape index (κ2) is 8.16. The van der Waals surface area contributed by atoms with Gasteiger partial charge in [0.2, 0.25) is 0 Å². The van der Waals surface area contributed by atoms with Crippen LogP contribution in [0, 0.1) is 5.92 Å². The molecule has 2 N–H and O–H groups in total. The molecule has 98 valence electrons. The van der Waals surface area contributed by atoms with Crippen LogP contribution in [0.15, 0.2) is 6.20 Å². The first-order valence-corrected chi connectivity index (χ1v) is 6.00. The molecule has 0 radical (unpaired) electrons. The Hall–Kier alpha value is -0.980. The van der Waals surface area contributed by atoms with Gasteiger partial charge in [0.25, 0.3) is 0 Å². The Kier molecular flexibility index (Phi) is 6.76. The SMILES string of the molecule is CC(C)CNCc1cn(CCOCCO)nn1. The minimum Gasteiger partial charge on any atom is -0.394 e. The lowest BCUT2D eigenvalue weighted by molar-refractivity contribution is 0.0851. The van der Waals surface area contributed by atoms with E-state index in [1.54, 1.807) is 4.68 Å². The molecular formula is C11H22N4O2. The molecule has 0 aliphatic rings. The van der Waals surface area contributed by atoms with Gasteiger partial charge >= 0.3 is 0 Å². The lowest BCUT2D eigenvalue weighted by atomic mass is 10.2. The molecule has 1 aromatic heterocycles. The summed E-state index contributed by atoms with van der Waals surface area (Å²) in [6, 6.07) is 0. The molecule has 0 bridgehead atoms. The molecular weight excluding hydrogens is 220 g/mol. The van der Waals surface area contributed by atoms with E-state index in [-0.39, 0.29) is 6.61 Å². The average molecular weight is 242 g/mol. The van der Waals surface area contributed by atoms with Crippen LogP contribution in [0.4, 0.5) is 0 Å². The molecule has 0 aromatic carbocycles. The van der Waals surface area contributed by atoms with E-state index in [0.717, 1.165) is 18.8 Å². The Balaban J connectivity index is 2.18. The van der Waals surface area contributed by atoms with Crippen LogP contribution in [0.3, 0.4) is 0 Å². The molecule has 0 fully saturated rings. The van der Waals surface area contributed by atoms with Gasteiger partial charge < -0.3 is 15.2 Å². The van der Waals surface area contributed by atoms with Gasteiger partial charge in [0.1, 0.15) is 0 Å². The second-order valence-corrected chi connectivity index (χ2v) is 4.33. The number of aliphatic hydroxyl groups is 1. The van der Waals surface area contributed by atoms with Gasteiger partial charge in [0, 0.05) is 12.7 Å². The van der Waals surface area contributed by atoms with Crippen molar-refractivity contribution < 1.29 is 9.84 Å². The summed E-state index contributed by atoms with van der Waals surface area (Å²) in [4.78, 5) is 0. The van der Waals surface area contributed by atoms with E-state index in [1.165, 1.54) is 0 Å². The summed E-state index contributed by atoms with van der Waals surface area (Å²) in [7, 11) is 0. The minimum absolute atomic E-state index is 0.0573. The molecule has 0 aliphatic heterocycles. The zero-order chi connectivity index (χ0) is 12.5. The summed E-state index contributed by atoms with van der Waals surface area (Å²) in [5.74, 6) is 0.636. The Morgan fingerprint density at radius 1 is 1.47 bits per heavy atom. The molecule has 6 nitrogen and oxygen atoms in total. The van der Waals surface area contributed by atoms with Crippen molar-refractivity contribution in [3.8, 4) is 0 Å². The summed E-state index contributed by atoms with van der Waals surface area (Å²) in [5.41, 5.74) is 0.938. The van der Waals surface area contributed by atoms with Crippen molar-refractivity contribution in [1.29, 1.82) is 0 Å². The van der Waals surface area contributed by atoms with Crippen molar-refractivity contribution in [2.45, 2.75) is 26.9 Å². The maximum absolute atomic E-state index is 8.54. The van der Waals surface area contributed by atoms with E-state index in [1.807, 2.05) is 6.20 Å². The van der Waals surface area contributed by atoms with E-state index in [2.05, 4.69) is 29.5 Å². The number of hydrogen-bond donors (Lipinski definition) is 2. The molecule has 1 aromatic rings. The van der Waals surface area contributed by atoms with Gasteiger partial charge in [-0.1, -0.05) is 19.1 Å². The maximum Gasteiger partial charge on any atom is 0.0964 e. The Morgan fingerprint density at radius 2 is 2.29 bits per heavy atom. The van der Waals surface area contributed by atoms with Crippen LogP contribution >= 0.6 is 0 Å². The van der Waals surface area contributed by atoms with E-state index in [0.29, 0.717) is 25.7 Å². The summed E-state index contributed by atoms with van der Waals surface area (Å²) in [6.07, 6.45) is 1.91. The molecule has 0 spiro atoms. The number of aromatic nitrogens is 3. The normalized spacial score (nSPS) is 11.3. The summed E-state index contributed by atoms with van der Waals surface area (Å²) >= 11 is 0. The zero-order valence-corrected chi connectivity index (χ0v) is 10.6. The van der Waals surface area contributed by atoms with Gasteiger partial charge in [0.15, 0.2) is 0 Å². The van der Waals surface area contributed by atoms with E-state index in [4.69, 9.17) is 9.84 Å². The van der Waals surface area contributed by atoms with E-state index in [9.17, 15) is 0 Å². The second-order valence-electron chi connectivity index (χ2n) is 4.33. The topological polar surface area (TPSA) is 72.2 Å². The highest BCUT2D eigenvalue weighted by Gasteiger charge is 2.01. The third-order valence-electron chi connectivity index (χ3n) is 2.15. The molecule has 0 saturated heterocycles. The van der Waals surface area contributed by atoms with E-state index < -0.39 is 0 Å². The summed E-state index contributed by atoms with van der Waals surface area (Å²) < 4.78 is 6.91. The lowest BCUT2D eigenvalue weighted by Crippen LogP contribution is -2.19.